The van der Waals surface area contributed by atoms with Crippen LogP contribution in [0, 0.1) is 6.92 Å². The Kier molecular flexibility index (Phi) is 5.89. The molecule has 0 unspecified atom stereocenters. The summed E-state index contributed by atoms with van der Waals surface area (Å²) in [6, 6.07) is 18.7. The summed E-state index contributed by atoms with van der Waals surface area (Å²) in [5.74, 6) is 2.87. The van der Waals surface area contributed by atoms with Crippen LogP contribution in [0.25, 0.3) is 0 Å². The minimum absolute atomic E-state index is 0.804. The summed E-state index contributed by atoms with van der Waals surface area (Å²) >= 11 is 0. The molecule has 0 atom stereocenters. The highest BCUT2D eigenvalue weighted by molar-refractivity contribution is 5.49. The molecule has 0 radical (unpaired) electrons. The summed E-state index contributed by atoms with van der Waals surface area (Å²) < 4.78 is 0. The van der Waals surface area contributed by atoms with Crippen molar-refractivity contribution < 1.29 is 0 Å². The van der Waals surface area contributed by atoms with Gasteiger partial charge in [0.2, 0.25) is 5.95 Å². The van der Waals surface area contributed by atoms with Gasteiger partial charge in [0.25, 0.3) is 0 Å². The molecule has 0 bridgehead atoms. The topological polar surface area (TPSA) is 48.4 Å². The van der Waals surface area contributed by atoms with Crippen LogP contribution >= 0.6 is 0 Å². The molecule has 3 aromatic rings. The average Bonchev–Trinajstić information content (AvgIpc) is 2.78. The second-order valence-corrected chi connectivity index (χ2v) is 7.33. The van der Waals surface area contributed by atoms with Gasteiger partial charge < -0.3 is 14.7 Å². The molecule has 1 aromatic carbocycles. The van der Waals surface area contributed by atoms with E-state index < -0.39 is 0 Å². The molecule has 6 nitrogen and oxygen atoms in total. The largest absolute Gasteiger partial charge is 0.353 e. The number of benzene rings is 1. The van der Waals surface area contributed by atoms with Crippen molar-refractivity contribution in [3.8, 4) is 0 Å². The zero-order chi connectivity index (χ0) is 20.1. The molecule has 0 N–H and O–H groups in total. The first-order valence-corrected chi connectivity index (χ1v) is 10.3. The fourth-order valence-electron chi connectivity index (χ4n) is 3.67. The number of nitrogens with zero attached hydrogens (tertiary/aromatic N) is 6. The predicted octanol–water partition coefficient (Wildman–Crippen LogP) is 3.53. The van der Waals surface area contributed by atoms with Crippen LogP contribution in [0.4, 0.5) is 17.6 Å². The van der Waals surface area contributed by atoms with E-state index in [9.17, 15) is 0 Å². The van der Waals surface area contributed by atoms with E-state index in [1.165, 1.54) is 5.56 Å². The van der Waals surface area contributed by atoms with E-state index in [2.05, 4.69) is 69.9 Å². The highest BCUT2D eigenvalue weighted by atomic mass is 15.3. The van der Waals surface area contributed by atoms with Crippen LogP contribution in [-0.4, -0.2) is 47.7 Å². The van der Waals surface area contributed by atoms with Gasteiger partial charge in [-0.15, -0.1) is 0 Å². The van der Waals surface area contributed by atoms with Crippen molar-refractivity contribution in [2.24, 2.45) is 0 Å². The maximum Gasteiger partial charge on any atom is 0.227 e. The van der Waals surface area contributed by atoms with Crippen molar-refractivity contribution >= 4 is 17.6 Å². The zero-order valence-electron chi connectivity index (χ0n) is 17.2. The minimum atomic E-state index is 0.804. The number of hydrogen-bond acceptors (Lipinski definition) is 6. The Morgan fingerprint density at radius 2 is 1.55 bits per heavy atom. The third-order valence-corrected chi connectivity index (χ3v) is 5.29. The molecule has 2 aromatic heterocycles. The molecular formula is C23H28N6. The standard InChI is InChI=1S/C23H28N6/c1-3-27(18-20-9-5-4-6-10-20)23-25-19(2)17-22(26-23)29-15-13-28(14-16-29)21-11-7-8-12-24-21/h4-12,17H,3,13-16,18H2,1-2H3. The SMILES string of the molecule is CCN(Cc1ccccc1)c1nc(C)cc(N2CCN(c3ccccn3)CC2)n1. The lowest BCUT2D eigenvalue weighted by molar-refractivity contribution is 0.639. The third kappa shape index (κ3) is 4.65. The second kappa shape index (κ2) is 8.90. The Balaban J connectivity index is 1.48. The van der Waals surface area contributed by atoms with Gasteiger partial charge in [-0.05, 0) is 31.5 Å². The Bertz CT molecular complexity index is 907. The molecule has 0 spiro atoms. The average molecular weight is 389 g/mol. The van der Waals surface area contributed by atoms with Crippen LogP contribution < -0.4 is 14.7 Å². The summed E-state index contributed by atoms with van der Waals surface area (Å²) in [4.78, 5) is 21.1. The van der Waals surface area contributed by atoms with Crippen LogP contribution in [-0.2, 0) is 6.54 Å². The van der Waals surface area contributed by atoms with Crippen molar-refractivity contribution in [1.82, 2.24) is 15.0 Å². The number of rotatable bonds is 6. The number of aromatic nitrogens is 3. The maximum atomic E-state index is 4.93. The van der Waals surface area contributed by atoms with Crippen LogP contribution in [0.3, 0.4) is 0 Å². The van der Waals surface area contributed by atoms with Crippen molar-refractivity contribution in [2.45, 2.75) is 20.4 Å². The molecule has 150 valence electrons. The second-order valence-electron chi connectivity index (χ2n) is 7.33. The first-order valence-electron chi connectivity index (χ1n) is 10.3. The molecule has 4 rings (SSSR count). The summed E-state index contributed by atoms with van der Waals surface area (Å²) in [7, 11) is 0. The van der Waals surface area contributed by atoms with Crippen LogP contribution in [0.1, 0.15) is 18.2 Å². The van der Waals surface area contributed by atoms with Crippen LogP contribution in [0.2, 0.25) is 0 Å². The van der Waals surface area contributed by atoms with Crippen LogP contribution in [0.5, 0.6) is 0 Å². The van der Waals surface area contributed by atoms with Gasteiger partial charge in [-0.25, -0.2) is 9.97 Å². The van der Waals surface area contributed by atoms with Crippen molar-refractivity contribution in [3.05, 3.63) is 72.1 Å². The smallest absolute Gasteiger partial charge is 0.227 e. The highest BCUT2D eigenvalue weighted by Gasteiger charge is 2.20. The Hall–Kier alpha value is -3.15. The number of aryl methyl sites for hydroxylation is 1. The fourth-order valence-corrected chi connectivity index (χ4v) is 3.67. The van der Waals surface area contributed by atoms with E-state index in [1.54, 1.807) is 0 Å². The molecule has 1 fully saturated rings. The van der Waals surface area contributed by atoms with Gasteiger partial charge in [-0.2, -0.15) is 4.98 Å². The third-order valence-electron chi connectivity index (χ3n) is 5.29. The lowest BCUT2D eigenvalue weighted by Crippen LogP contribution is -2.47. The molecule has 1 saturated heterocycles. The summed E-state index contributed by atoms with van der Waals surface area (Å²) in [5, 5.41) is 0. The van der Waals surface area contributed by atoms with Gasteiger partial charge in [0, 0.05) is 57.2 Å². The van der Waals surface area contributed by atoms with Gasteiger partial charge in [0.15, 0.2) is 0 Å². The van der Waals surface area contributed by atoms with E-state index in [0.29, 0.717) is 0 Å². The van der Waals surface area contributed by atoms with Gasteiger partial charge in [0.05, 0.1) is 0 Å². The van der Waals surface area contributed by atoms with E-state index in [0.717, 1.165) is 62.5 Å². The number of pyridine rings is 1. The van der Waals surface area contributed by atoms with Gasteiger partial charge >= 0.3 is 0 Å². The summed E-state index contributed by atoms with van der Waals surface area (Å²) in [5.41, 5.74) is 2.27. The fraction of sp³-hybridized carbons (Fsp3) is 0.348. The van der Waals surface area contributed by atoms with Gasteiger partial charge in [-0.1, -0.05) is 36.4 Å². The molecule has 0 aliphatic carbocycles. The predicted molar refractivity (Wildman–Crippen MR) is 119 cm³/mol. The molecule has 1 aliphatic heterocycles. The quantitative estimate of drug-likeness (QED) is 0.644. The Labute approximate surface area is 172 Å². The van der Waals surface area contributed by atoms with Crippen molar-refractivity contribution in [1.29, 1.82) is 0 Å². The number of anilines is 3. The lowest BCUT2D eigenvalue weighted by atomic mass is 10.2. The molecule has 0 amide bonds. The minimum Gasteiger partial charge on any atom is -0.353 e. The molecule has 3 heterocycles. The van der Waals surface area contributed by atoms with Crippen molar-refractivity contribution in [3.63, 3.8) is 0 Å². The van der Waals surface area contributed by atoms with Crippen LogP contribution in [0.15, 0.2) is 60.8 Å². The molecule has 6 heteroatoms. The van der Waals surface area contributed by atoms with E-state index >= 15 is 0 Å². The van der Waals surface area contributed by atoms with Gasteiger partial charge in [0.1, 0.15) is 11.6 Å². The first-order chi connectivity index (χ1) is 14.2. The normalized spacial score (nSPS) is 14.1. The monoisotopic (exact) mass is 388 g/mol. The number of piperazine rings is 1. The Morgan fingerprint density at radius 1 is 0.862 bits per heavy atom. The zero-order valence-corrected chi connectivity index (χ0v) is 17.2. The molecular weight excluding hydrogens is 360 g/mol. The first kappa shape index (κ1) is 19.2. The molecule has 29 heavy (non-hydrogen) atoms. The molecule has 1 aliphatic rings. The summed E-state index contributed by atoms with van der Waals surface area (Å²) in [6.45, 7) is 9.62. The molecule has 0 saturated carbocycles. The van der Waals surface area contributed by atoms with Gasteiger partial charge in [-0.3, -0.25) is 0 Å². The van der Waals surface area contributed by atoms with E-state index in [4.69, 9.17) is 9.97 Å². The Morgan fingerprint density at radius 3 is 2.21 bits per heavy atom. The summed E-state index contributed by atoms with van der Waals surface area (Å²) in [6.07, 6.45) is 1.85. The maximum absolute atomic E-state index is 4.93. The van der Waals surface area contributed by atoms with E-state index in [-0.39, 0.29) is 0 Å². The lowest BCUT2D eigenvalue weighted by Gasteiger charge is -2.36. The number of hydrogen-bond donors (Lipinski definition) is 0. The highest BCUT2D eigenvalue weighted by Crippen LogP contribution is 2.21. The van der Waals surface area contributed by atoms with E-state index in [1.807, 2.05) is 24.4 Å². The van der Waals surface area contributed by atoms with Crippen molar-refractivity contribution in [2.75, 3.05) is 47.4 Å².